The second-order valence-corrected chi connectivity index (χ2v) is 6.86. The highest BCUT2D eigenvalue weighted by Crippen LogP contribution is 2.28. The number of amides is 1. The van der Waals surface area contributed by atoms with Gasteiger partial charge in [0.05, 0.1) is 25.5 Å². The number of carbonyl (C=O) groups is 2. The molecule has 3 aromatic carbocycles. The van der Waals surface area contributed by atoms with Crippen molar-refractivity contribution in [1.82, 2.24) is 5.43 Å². The SMILES string of the molecule is CCOc1cc(C(=O)N/N=C/c2ccc(OCc3ccc(C(=O)O)cc3)cc2)ccc1OC. The van der Waals surface area contributed by atoms with Crippen LogP contribution in [0.5, 0.6) is 17.2 Å². The van der Waals surface area contributed by atoms with Crippen LogP contribution in [0.15, 0.2) is 71.8 Å². The first kappa shape index (κ1) is 23.3. The maximum atomic E-state index is 12.3. The molecule has 3 rings (SSSR count). The summed E-state index contributed by atoms with van der Waals surface area (Å²) in [7, 11) is 1.54. The maximum absolute atomic E-state index is 12.3. The molecule has 0 saturated heterocycles. The highest BCUT2D eigenvalue weighted by Gasteiger charge is 2.10. The fourth-order valence-electron chi connectivity index (χ4n) is 2.88. The number of hydrazone groups is 1. The molecule has 0 aliphatic heterocycles. The van der Waals surface area contributed by atoms with E-state index in [-0.39, 0.29) is 11.5 Å². The second kappa shape index (κ2) is 11.3. The van der Waals surface area contributed by atoms with E-state index in [4.69, 9.17) is 19.3 Å². The number of carboxylic acid groups (broad SMARTS) is 1. The van der Waals surface area contributed by atoms with Crippen molar-refractivity contribution in [2.45, 2.75) is 13.5 Å². The van der Waals surface area contributed by atoms with E-state index in [1.54, 1.807) is 66.7 Å². The molecular formula is C25H24N2O6. The summed E-state index contributed by atoms with van der Waals surface area (Å²) in [5, 5.41) is 12.9. The van der Waals surface area contributed by atoms with Crippen LogP contribution < -0.4 is 19.6 Å². The molecule has 8 heteroatoms. The Hall–Kier alpha value is -4.33. The van der Waals surface area contributed by atoms with Gasteiger partial charge in [0.1, 0.15) is 12.4 Å². The van der Waals surface area contributed by atoms with Crippen LogP contribution in [0, 0.1) is 0 Å². The van der Waals surface area contributed by atoms with E-state index >= 15 is 0 Å². The lowest BCUT2D eigenvalue weighted by molar-refractivity contribution is 0.0696. The van der Waals surface area contributed by atoms with Crippen LogP contribution in [-0.2, 0) is 6.61 Å². The van der Waals surface area contributed by atoms with E-state index in [0.29, 0.717) is 36.0 Å². The number of methoxy groups -OCH3 is 1. The molecule has 0 unspecified atom stereocenters. The van der Waals surface area contributed by atoms with Crippen LogP contribution in [-0.4, -0.2) is 36.9 Å². The third-order valence-corrected chi connectivity index (χ3v) is 4.59. The molecule has 3 aromatic rings. The predicted octanol–water partition coefficient (Wildman–Crippen LogP) is 4.14. The zero-order chi connectivity index (χ0) is 23.6. The first-order chi connectivity index (χ1) is 16.0. The summed E-state index contributed by atoms with van der Waals surface area (Å²) >= 11 is 0. The van der Waals surface area contributed by atoms with Crippen LogP contribution in [0.3, 0.4) is 0 Å². The molecule has 0 bridgehead atoms. The quantitative estimate of drug-likeness (QED) is 0.357. The Labute approximate surface area is 191 Å². The second-order valence-electron chi connectivity index (χ2n) is 6.86. The van der Waals surface area contributed by atoms with Gasteiger partial charge >= 0.3 is 5.97 Å². The van der Waals surface area contributed by atoms with Gasteiger partial charge in [-0.25, -0.2) is 10.2 Å². The van der Waals surface area contributed by atoms with Crippen LogP contribution >= 0.6 is 0 Å². The van der Waals surface area contributed by atoms with E-state index in [9.17, 15) is 9.59 Å². The van der Waals surface area contributed by atoms with Crippen molar-refractivity contribution in [2.24, 2.45) is 5.10 Å². The molecule has 0 spiro atoms. The monoisotopic (exact) mass is 448 g/mol. The minimum Gasteiger partial charge on any atom is -0.493 e. The summed E-state index contributed by atoms with van der Waals surface area (Å²) in [5.41, 5.74) is 4.76. The van der Waals surface area contributed by atoms with Crippen molar-refractivity contribution in [3.8, 4) is 17.2 Å². The largest absolute Gasteiger partial charge is 0.493 e. The van der Waals surface area contributed by atoms with Crippen molar-refractivity contribution in [3.05, 3.63) is 89.0 Å². The zero-order valence-corrected chi connectivity index (χ0v) is 18.3. The highest BCUT2D eigenvalue weighted by atomic mass is 16.5. The molecule has 2 N–H and O–H groups in total. The molecule has 8 nitrogen and oxygen atoms in total. The van der Waals surface area contributed by atoms with Crippen molar-refractivity contribution in [1.29, 1.82) is 0 Å². The number of hydrogen-bond acceptors (Lipinski definition) is 6. The van der Waals surface area contributed by atoms with Crippen molar-refractivity contribution >= 4 is 18.1 Å². The van der Waals surface area contributed by atoms with Crippen molar-refractivity contribution < 1.29 is 28.9 Å². The number of benzene rings is 3. The average Bonchev–Trinajstić information content (AvgIpc) is 2.84. The summed E-state index contributed by atoms with van der Waals surface area (Å²) < 4.78 is 16.4. The minimum atomic E-state index is -0.963. The predicted molar refractivity (Wildman–Crippen MR) is 123 cm³/mol. The van der Waals surface area contributed by atoms with Gasteiger partial charge in [0.2, 0.25) is 0 Å². The lowest BCUT2D eigenvalue weighted by Gasteiger charge is -2.10. The highest BCUT2D eigenvalue weighted by molar-refractivity contribution is 5.95. The lowest BCUT2D eigenvalue weighted by atomic mass is 10.1. The number of aromatic carboxylic acids is 1. The Kier molecular flexibility index (Phi) is 8.02. The van der Waals surface area contributed by atoms with Crippen molar-refractivity contribution in [2.75, 3.05) is 13.7 Å². The molecular weight excluding hydrogens is 424 g/mol. The first-order valence-electron chi connectivity index (χ1n) is 10.2. The Balaban J connectivity index is 1.53. The molecule has 1 amide bonds. The summed E-state index contributed by atoms with van der Waals surface area (Å²) in [6.07, 6.45) is 1.53. The molecule has 0 saturated carbocycles. The number of carboxylic acids is 1. The smallest absolute Gasteiger partial charge is 0.335 e. The fraction of sp³-hybridized carbons (Fsp3) is 0.160. The normalized spacial score (nSPS) is 10.6. The van der Waals surface area contributed by atoms with E-state index in [2.05, 4.69) is 10.5 Å². The molecule has 0 aliphatic rings. The first-order valence-corrected chi connectivity index (χ1v) is 10.2. The Morgan fingerprint density at radius 3 is 2.27 bits per heavy atom. The van der Waals surface area contributed by atoms with E-state index in [0.717, 1.165) is 11.1 Å². The topological polar surface area (TPSA) is 106 Å². The number of rotatable bonds is 10. The van der Waals surface area contributed by atoms with Crippen LogP contribution in [0.4, 0.5) is 0 Å². The van der Waals surface area contributed by atoms with Gasteiger partial charge in [0, 0.05) is 5.56 Å². The number of carbonyl (C=O) groups excluding carboxylic acids is 1. The van der Waals surface area contributed by atoms with Crippen LogP contribution in [0.2, 0.25) is 0 Å². The third-order valence-electron chi connectivity index (χ3n) is 4.59. The Morgan fingerprint density at radius 1 is 0.939 bits per heavy atom. The minimum absolute atomic E-state index is 0.233. The molecule has 33 heavy (non-hydrogen) atoms. The summed E-state index contributed by atoms with van der Waals surface area (Å²) in [6.45, 7) is 2.62. The average molecular weight is 448 g/mol. The van der Waals surface area contributed by atoms with Gasteiger partial charge in [-0.1, -0.05) is 12.1 Å². The number of hydrogen-bond donors (Lipinski definition) is 2. The fourth-order valence-corrected chi connectivity index (χ4v) is 2.88. The molecule has 0 heterocycles. The maximum Gasteiger partial charge on any atom is 0.335 e. The number of nitrogens with one attached hydrogen (secondary N) is 1. The zero-order valence-electron chi connectivity index (χ0n) is 18.3. The van der Waals surface area contributed by atoms with Crippen molar-refractivity contribution in [3.63, 3.8) is 0 Å². The van der Waals surface area contributed by atoms with E-state index in [1.807, 2.05) is 6.92 Å². The van der Waals surface area contributed by atoms with Gasteiger partial charge in [-0.3, -0.25) is 4.79 Å². The van der Waals surface area contributed by atoms with E-state index < -0.39 is 5.97 Å². The third kappa shape index (κ3) is 6.57. The Morgan fingerprint density at radius 2 is 1.64 bits per heavy atom. The molecule has 0 aliphatic carbocycles. The molecule has 170 valence electrons. The van der Waals surface area contributed by atoms with Gasteiger partial charge in [-0.2, -0.15) is 5.10 Å². The molecule has 0 aromatic heterocycles. The van der Waals surface area contributed by atoms with Gasteiger partial charge in [-0.05, 0) is 72.6 Å². The summed E-state index contributed by atoms with van der Waals surface area (Å²) in [4.78, 5) is 23.2. The Bertz CT molecular complexity index is 1120. The number of nitrogens with zero attached hydrogens (tertiary/aromatic N) is 1. The van der Waals surface area contributed by atoms with Crippen LogP contribution in [0.25, 0.3) is 0 Å². The van der Waals surface area contributed by atoms with E-state index in [1.165, 1.54) is 13.3 Å². The molecule has 0 radical (unpaired) electrons. The van der Waals surface area contributed by atoms with Crippen LogP contribution in [0.1, 0.15) is 38.8 Å². The summed E-state index contributed by atoms with van der Waals surface area (Å²) in [6, 6.07) is 18.6. The van der Waals surface area contributed by atoms with Gasteiger partial charge in [-0.15, -0.1) is 0 Å². The summed E-state index contributed by atoms with van der Waals surface area (Å²) in [5.74, 6) is 0.362. The van der Waals surface area contributed by atoms with Gasteiger partial charge in [0.25, 0.3) is 5.91 Å². The van der Waals surface area contributed by atoms with Gasteiger partial charge in [0.15, 0.2) is 11.5 Å². The molecule has 0 atom stereocenters. The van der Waals surface area contributed by atoms with Gasteiger partial charge < -0.3 is 19.3 Å². The standard InChI is InChI=1S/C25H24N2O6/c1-3-32-23-14-20(10-13-22(23)31-2)24(28)27-26-15-17-6-11-21(12-7-17)33-16-18-4-8-19(9-5-18)25(29)30/h4-15H,3,16H2,1-2H3,(H,27,28)(H,29,30)/b26-15+. The molecule has 0 fully saturated rings. The lowest BCUT2D eigenvalue weighted by Crippen LogP contribution is -2.17. The number of ether oxygens (including phenoxy) is 3.